The Hall–Kier alpha value is -1.32. The van der Waals surface area contributed by atoms with Gasteiger partial charge in [0.05, 0.1) is 0 Å². The molecule has 0 amide bonds. The zero-order valence-electron chi connectivity index (χ0n) is 9.40. The van der Waals surface area contributed by atoms with Crippen LogP contribution in [-0.4, -0.2) is 5.88 Å². The van der Waals surface area contributed by atoms with Crippen molar-refractivity contribution in [2.45, 2.75) is 5.75 Å². The Kier molecular flexibility index (Phi) is 4.18. The van der Waals surface area contributed by atoms with Crippen LogP contribution in [0.3, 0.4) is 0 Å². The van der Waals surface area contributed by atoms with Gasteiger partial charge in [-0.3, -0.25) is 0 Å². The molecule has 0 aliphatic carbocycles. The van der Waals surface area contributed by atoms with Gasteiger partial charge in [-0.2, -0.15) is 0 Å². The van der Waals surface area contributed by atoms with Crippen LogP contribution in [0.15, 0.2) is 48.5 Å². The van der Waals surface area contributed by atoms with Crippen molar-refractivity contribution in [2.75, 3.05) is 5.88 Å². The second-order valence-electron chi connectivity index (χ2n) is 3.72. The molecule has 0 atom stereocenters. The Morgan fingerprint density at radius 2 is 1.41 bits per heavy atom. The van der Waals surface area contributed by atoms with Crippen LogP contribution in [0.5, 0.6) is 0 Å². The average Bonchev–Trinajstić information content (AvgIpc) is 2.38. The topological polar surface area (TPSA) is 26.0 Å². The Balaban J connectivity index is 2.14. The zero-order chi connectivity index (χ0) is 12.1. The fraction of sp³-hybridized carbons (Fsp3) is 0.143. The number of rotatable bonds is 4. The molecule has 3 heteroatoms. The van der Waals surface area contributed by atoms with Crippen molar-refractivity contribution in [3.63, 3.8) is 0 Å². The van der Waals surface area contributed by atoms with Crippen LogP contribution in [0.4, 0.5) is 4.39 Å². The van der Waals surface area contributed by atoms with Gasteiger partial charge in [-0.05, 0) is 28.8 Å². The summed E-state index contributed by atoms with van der Waals surface area (Å²) in [6.07, 6.45) is 0. The van der Waals surface area contributed by atoms with E-state index in [-0.39, 0.29) is 5.82 Å². The molecule has 2 aromatic rings. The van der Waals surface area contributed by atoms with Gasteiger partial charge in [-0.15, -0.1) is 11.8 Å². The highest BCUT2D eigenvalue weighted by Gasteiger charge is 1.98. The van der Waals surface area contributed by atoms with Crippen LogP contribution in [0, 0.1) is 5.82 Å². The molecule has 2 N–H and O–H groups in total. The zero-order valence-corrected chi connectivity index (χ0v) is 10.2. The maximum absolute atomic E-state index is 12.8. The molecule has 88 valence electrons. The van der Waals surface area contributed by atoms with Gasteiger partial charge < -0.3 is 5.73 Å². The van der Waals surface area contributed by atoms with Gasteiger partial charge in [-0.1, -0.05) is 36.4 Å². The second kappa shape index (κ2) is 5.84. The van der Waals surface area contributed by atoms with Crippen LogP contribution in [0.25, 0.3) is 11.1 Å². The van der Waals surface area contributed by atoms with Gasteiger partial charge in [0.1, 0.15) is 5.82 Å². The molecular formula is C14H14FNS. The average molecular weight is 247 g/mol. The van der Waals surface area contributed by atoms with Gasteiger partial charge in [0.25, 0.3) is 0 Å². The lowest BCUT2D eigenvalue weighted by molar-refractivity contribution is 0.628. The molecule has 17 heavy (non-hydrogen) atoms. The third kappa shape index (κ3) is 3.32. The SMILES string of the molecule is NCSCc1ccc(-c2ccc(F)cc2)cc1. The van der Waals surface area contributed by atoms with E-state index in [0.29, 0.717) is 5.88 Å². The molecule has 0 saturated carbocycles. The Morgan fingerprint density at radius 3 is 1.94 bits per heavy atom. The first kappa shape index (κ1) is 12.1. The lowest BCUT2D eigenvalue weighted by Crippen LogP contribution is -1.93. The summed E-state index contributed by atoms with van der Waals surface area (Å²) in [6.45, 7) is 0. The molecule has 0 aliphatic heterocycles. The third-order valence-electron chi connectivity index (χ3n) is 2.52. The normalized spacial score (nSPS) is 10.5. The summed E-state index contributed by atoms with van der Waals surface area (Å²) in [7, 11) is 0. The quantitative estimate of drug-likeness (QED) is 0.835. The summed E-state index contributed by atoms with van der Waals surface area (Å²) < 4.78 is 12.8. The number of nitrogens with two attached hydrogens (primary N) is 1. The van der Waals surface area contributed by atoms with Crippen molar-refractivity contribution >= 4 is 11.8 Å². The first-order valence-electron chi connectivity index (χ1n) is 5.42. The van der Waals surface area contributed by atoms with Crippen molar-refractivity contribution in [1.82, 2.24) is 0 Å². The Labute approximate surface area is 105 Å². The molecule has 0 aliphatic rings. The first-order valence-corrected chi connectivity index (χ1v) is 6.58. The van der Waals surface area contributed by atoms with E-state index in [4.69, 9.17) is 5.73 Å². The molecule has 0 bridgehead atoms. The van der Waals surface area contributed by atoms with E-state index in [1.54, 1.807) is 23.9 Å². The van der Waals surface area contributed by atoms with Crippen LogP contribution in [-0.2, 0) is 5.75 Å². The van der Waals surface area contributed by atoms with Gasteiger partial charge >= 0.3 is 0 Å². The number of halogens is 1. The number of hydrogen-bond acceptors (Lipinski definition) is 2. The molecule has 0 heterocycles. The summed E-state index contributed by atoms with van der Waals surface area (Å²) in [5.41, 5.74) is 8.83. The lowest BCUT2D eigenvalue weighted by Gasteiger charge is -2.04. The number of benzene rings is 2. The molecule has 0 radical (unpaired) electrons. The first-order chi connectivity index (χ1) is 8.29. The number of hydrogen-bond donors (Lipinski definition) is 1. The minimum Gasteiger partial charge on any atom is -0.322 e. The maximum atomic E-state index is 12.8. The van der Waals surface area contributed by atoms with Crippen LogP contribution >= 0.6 is 11.8 Å². The molecular weight excluding hydrogens is 233 g/mol. The van der Waals surface area contributed by atoms with E-state index in [1.165, 1.54) is 17.7 Å². The summed E-state index contributed by atoms with van der Waals surface area (Å²) in [5, 5.41) is 0. The standard InChI is InChI=1S/C14H14FNS/c15-14-7-5-13(6-8-14)12-3-1-11(2-4-12)9-17-10-16/h1-8H,9-10,16H2. The van der Waals surface area contributed by atoms with Crippen molar-refractivity contribution in [1.29, 1.82) is 0 Å². The highest BCUT2D eigenvalue weighted by Crippen LogP contribution is 2.21. The molecule has 0 unspecified atom stereocenters. The summed E-state index contributed by atoms with van der Waals surface area (Å²) >= 11 is 1.69. The van der Waals surface area contributed by atoms with Crippen LogP contribution in [0.2, 0.25) is 0 Å². The highest BCUT2D eigenvalue weighted by atomic mass is 32.2. The third-order valence-corrected chi connectivity index (χ3v) is 3.29. The van der Waals surface area contributed by atoms with Gasteiger partial charge in [-0.25, -0.2) is 4.39 Å². The van der Waals surface area contributed by atoms with E-state index >= 15 is 0 Å². The summed E-state index contributed by atoms with van der Waals surface area (Å²) in [4.78, 5) is 0. The van der Waals surface area contributed by atoms with Gasteiger partial charge in [0.15, 0.2) is 0 Å². The highest BCUT2D eigenvalue weighted by molar-refractivity contribution is 7.98. The van der Waals surface area contributed by atoms with Gasteiger partial charge in [0.2, 0.25) is 0 Å². The van der Waals surface area contributed by atoms with Crippen LogP contribution < -0.4 is 5.73 Å². The Morgan fingerprint density at radius 1 is 0.882 bits per heavy atom. The minimum atomic E-state index is -0.204. The molecule has 2 aromatic carbocycles. The van der Waals surface area contributed by atoms with Crippen molar-refractivity contribution in [2.24, 2.45) is 5.73 Å². The Bertz CT molecular complexity index is 465. The molecule has 0 aromatic heterocycles. The summed E-state index contributed by atoms with van der Waals surface area (Å²) in [6, 6.07) is 14.8. The molecule has 0 fully saturated rings. The van der Waals surface area contributed by atoms with Crippen LogP contribution in [0.1, 0.15) is 5.56 Å². The van der Waals surface area contributed by atoms with E-state index in [2.05, 4.69) is 24.3 Å². The second-order valence-corrected chi connectivity index (χ2v) is 4.75. The van der Waals surface area contributed by atoms with Gasteiger partial charge in [0, 0.05) is 11.6 Å². The monoisotopic (exact) mass is 247 g/mol. The van der Waals surface area contributed by atoms with Crippen molar-refractivity contribution in [3.05, 3.63) is 59.9 Å². The largest absolute Gasteiger partial charge is 0.322 e. The smallest absolute Gasteiger partial charge is 0.123 e. The fourth-order valence-corrected chi connectivity index (χ4v) is 2.16. The lowest BCUT2D eigenvalue weighted by atomic mass is 10.0. The van der Waals surface area contributed by atoms with Crippen molar-refractivity contribution in [3.8, 4) is 11.1 Å². The number of thioether (sulfide) groups is 1. The maximum Gasteiger partial charge on any atom is 0.123 e. The molecule has 1 nitrogen and oxygen atoms in total. The predicted octanol–water partition coefficient (Wildman–Crippen LogP) is 3.64. The fourth-order valence-electron chi connectivity index (χ4n) is 1.61. The molecule has 0 saturated heterocycles. The van der Waals surface area contributed by atoms with E-state index in [1.807, 2.05) is 0 Å². The van der Waals surface area contributed by atoms with E-state index in [0.717, 1.165) is 16.9 Å². The predicted molar refractivity (Wildman–Crippen MR) is 72.2 cm³/mol. The molecule has 2 rings (SSSR count). The van der Waals surface area contributed by atoms with Crippen molar-refractivity contribution < 1.29 is 4.39 Å². The molecule has 0 spiro atoms. The summed E-state index contributed by atoms with van der Waals surface area (Å²) in [5.74, 6) is 1.37. The van der Waals surface area contributed by atoms with E-state index in [9.17, 15) is 4.39 Å². The minimum absolute atomic E-state index is 0.204. The van der Waals surface area contributed by atoms with E-state index < -0.39 is 0 Å².